The van der Waals surface area contributed by atoms with Crippen molar-refractivity contribution in [2.24, 2.45) is 0 Å². The number of hydrogen-bond donors (Lipinski definition) is 2. The molecule has 2 amide bonds. The average Bonchev–Trinajstić information content (AvgIpc) is 2.72. The Morgan fingerprint density at radius 1 is 1.17 bits per heavy atom. The smallest absolute Gasteiger partial charge is 0.327 e. The fourth-order valence-corrected chi connectivity index (χ4v) is 3.53. The summed E-state index contributed by atoms with van der Waals surface area (Å²) in [7, 11) is 0. The summed E-state index contributed by atoms with van der Waals surface area (Å²) in [5.41, 5.74) is 4.34. The van der Waals surface area contributed by atoms with E-state index in [1.54, 1.807) is 29.6 Å². The van der Waals surface area contributed by atoms with E-state index in [0.29, 0.717) is 11.5 Å². The Labute approximate surface area is 170 Å². The summed E-state index contributed by atoms with van der Waals surface area (Å²) in [5, 5.41) is 6.36. The zero-order valence-electron chi connectivity index (χ0n) is 16.6. The molecule has 0 aliphatic carbocycles. The van der Waals surface area contributed by atoms with Crippen molar-refractivity contribution in [3.8, 4) is 11.3 Å². The van der Waals surface area contributed by atoms with Crippen LogP contribution in [0.5, 0.6) is 0 Å². The zero-order valence-corrected chi connectivity index (χ0v) is 16.6. The molecule has 1 aliphatic rings. The van der Waals surface area contributed by atoms with Gasteiger partial charge in [0, 0.05) is 36.7 Å². The van der Waals surface area contributed by atoms with E-state index in [1.165, 1.54) is 0 Å². The van der Waals surface area contributed by atoms with E-state index in [0.717, 1.165) is 41.9 Å². The molecule has 2 N–H and O–H groups in total. The molecule has 1 atom stereocenters. The van der Waals surface area contributed by atoms with Gasteiger partial charge in [0.15, 0.2) is 5.82 Å². The van der Waals surface area contributed by atoms with E-state index < -0.39 is 0 Å². The summed E-state index contributed by atoms with van der Waals surface area (Å²) < 4.78 is 0. The van der Waals surface area contributed by atoms with Gasteiger partial charge < -0.3 is 10.6 Å². The maximum Gasteiger partial charge on any atom is 0.327 e. The SMILES string of the molecule is Cc1ccncc1-c1ccc2c(n1)N(C(=O)Nc1cccnc1)[C@H](C)CCCN2. The van der Waals surface area contributed by atoms with E-state index >= 15 is 0 Å². The average molecular weight is 388 g/mol. The van der Waals surface area contributed by atoms with Gasteiger partial charge in [-0.2, -0.15) is 0 Å². The van der Waals surface area contributed by atoms with Gasteiger partial charge in [0.2, 0.25) is 0 Å². The predicted octanol–water partition coefficient (Wildman–Crippen LogP) is 4.48. The number of carbonyl (C=O) groups excluding carboxylic acids is 1. The van der Waals surface area contributed by atoms with Crippen molar-refractivity contribution in [2.45, 2.75) is 32.7 Å². The third kappa shape index (κ3) is 4.03. The van der Waals surface area contributed by atoms with Crippen LogP contribution in [-0.2, 0) is 0 Å². The fourth-order valence-electron chi connectivity index (χ4n) is 3.53. The highest BCUT2D eigenvalue weighted by molar-refractivity contribution is 6.03. The number of fused-ring (bicyclic) bond motifs is 1. The molecule has 29 heavy (non-hydrogen) atoms. The maximum absolute atomic E-state index is 13.2. The van der Waals surface area contributed by atoms with Crippen LogP contribution in [0.25, 0.3) is 11.3 Å². The van der Waals surface area contributed by atoms with Gasteiger partial charge in [-0.05, 0) is 62.6 Å². The Kier molecular flexibility index (Phi) is 5.37. The van der Waals surface area contributed by atoms with Crippen molar-refractivity contribution in [1.29, 1.82) is 0 Å². The number of carbonyl (C=O) groups is 1. The quantitative estimate of drug-likeness (QED) is 0.676. The minimum Gasteiger partial charge on any atom is -0.382 e. The largest absolute Gasteiger partial charge is 0.382 e. The second-order valence-electron chi connectivity index (χ2n) is 7.22. The van der Waals surface area contributed by atoms with Crippen molar-refractivity contribution >= 4 is 23.2 Å². The zero-order chi connectivity index (χ0) is 20.2. The number of aryl methyl sites for hydroxylation is 1. The first-order valence-corrected chi connectivity index (χ1v) is 9.79. The Bertz CT molecular complexity index is 1010. The summed E-state index contributed by atoms with van der Waals surface area (Å²) in [4.78, 5) is 28.2. The summed E-state index contributed by atoms with van der Waals surface area (Å²) in [5.74, 6) is 0.624. The van der Waals surface area contributed by atoms with E-state index in [9.17, 15) is 4.79 Å². The van der Waals surface area contributed by atoms with Crippen LogP contribution >= 0.6 is 0 Å². The summed E-state index contributed by atoms with van der Waals surface area (Å²) in [6.45, 7) is 4.94. The van der Waals surface area contributed by atoms with Crippen molar-refractivity contribution in [3.63, 3.8) is 0 Å². The topological polar surface area (TPSA) is 83.0 Å². The van der Waals surface area contributed by atoms with Gasteiger partial charge in [0.05, 0.1) is 23.3 Å². The molecule has 1 aliphatic heterocycles. The molecule has 0 radical (unpaired) electrons. The molecule has 0 fully saturated rings. The highest BCUT2D eigenvalue weighted by Crippen LogP contribution is 2.33. The highest BCUT2D eigenvalue weighted by atomic mass is 16.2. The van der Waals surface area contributed by atoms with Crippen LogP contribution in [0.2, 0.25) is 0 Å². The lowest BCUT2D eigenvalue weighted by Crippen LogP contribution is -2.43. The molecule has 4 rings (SSSR count). The van der Waals surface area contributed by atoms with Crippen LogP contribution in [0.4, 0.5) is 22.0 Å². The second-order valence-corrected chi connectivity index (χ2v) is 7.22. The number of pyridine rings is 3. The van der Waals surface area contributed by atoms with Crippen molar-refractivity contribution in [2.75, 3.05) is 22.1 Å². The van der Waals surface area contributed by atoms with Crippen LogP contribution in [0, 0.1) is 6.92 Å². The molecular formula is C22H24N6O. The van der Waals surface area contributed by atoms with Gasteiger partial charge in [-0.1, -0.05) is 0 Å². The number of urea groups is 1. The third-order valence-electron chi connectivity index (χ3n) is 5.10. The Morgan fingerprint density at radius 3 is 2.83 bits per heavy atom. The third-order valence-corrected chi connectivity index (χ3v) is 5.10. The number of hydrogen-bond acceptors (Lipinski definition) is 5. The lowest BCUT2D eigenvalue weighted by Gasteiger charge is -2.32. The lowest BCUT2D eigenvalue weighted by molar-refractivity contribution is 0.254. The summed E-state index contributed by atoms with van der Waals surface area (Å²) in [6.07, 6.45) is 8.74. The van der Waals surface area contributed by atoms with Gasteiger partial charge >= 0.3 is 6.03 Å². The first kappa shape index (κ1) is 18.9. The van der Waals surface area contributed by atoms with E-state index in [2.05, 4.69) is 27.5 Å². The van der Waals surface area contributed by atoms with Crippen LogP contribution < -0.4 is 15.5 Å². The Balaban J connectivity index is 1.76. The second kappa shape index (κ2) is 8.26. The van der Waals surface area contributed by atoms with Crippen molar-refractivity contribution in [1.82, 2.24) is 15.0 Å². The summed E-state index contributed by atoms with van der Waals surface area (Å²) >= 11 is 0. The fraction of sp³-hybridized carbons (Fsp3) is 0.273. The maximum atomic E-state index is 13.2. The number of amides is 2. The Morgan fingerprint density at radius 2 is 2.03 bits per heavy atom. The molecule has 0 bridgehead atoms. The number of nitrogens with zero attached hydrogens (tertiary/aromatic N) is 4. The molecule has 0 saturated heterocycles. The first-order valence-electron chi connectivity index (χ1n) is 9.79. The standard InChI is InChI=1S/C22H24N6O/c1-15-9-12-24-14-18(15)19-7-8-20-21(27-19)28(16(2)5-3-11-25-20)22(29)26-17-6-4-10-23-13-17/h4,6-10,12-14,16,25H,3,5,11H2,1-2H3,(H,26,29)/t16-/m1/s1. The lowest BCUT2D eigenvalue weighted by atomic mass is 10.1. The molecule has 7 heteroatoms. The van der Waals surface area contributed by atoms with E-state index in [1.807, 2.05) is 37.4 Å². The normalized spacial score (nSPS) is 16.2. The monoisotopic (exact) mass is 388 g/mol. The van der Waals surface area contributed by atoms with E-state index in [4.69, 9.17) is 4.98 Å². The molecular weight excluding hydrogens is 364 g/mol. The predicted molar refractivity (Wildman–Crippen MR) is 115 cm³/mol. The molecule has 3 aromatic heterocycles. The molecule has 7 nitrogen and oxygen atoms in total. The van der Waals surface area contributed by atoms with Crippen LogP contribution in [0.3, 0.4) is 0 Å². The molecule has 0 saturated carbocycles. The molecule has 0 aromatic carbocycles. The number of aromatic nitrogens is 3. The van der Waals surface area contributed by atoms with Gasteiger partial charge in [-0.15, -0.1) is 0 Å². The molecule has 0 unspecified atom stereocenters. The van der Waals surface area contributed by atoms with Crippen LogP contribution in [0.15, 0.2) is 55.1 Å². The minimum absolute atomic E-state index is 0.00488. The Hall–Kier alpha value is -3.48. The van der Waals surface area contributed by atoms with Gasteiger partial charge in [-0.3, -0.25) is 14.9 Å². The minimum atomic E-state index is -0.219. The highest BCUT2D eigenvalue weighted by Gasteiger charge is 2.28. The molecule has 3 aromatic rings. The molecule has 148 valence electrons. The molecule has 0 spiro atoms. The van der Waals surface area contributed by atoms with Crippen LogP contribution in [0.1, 0.15) is 25.3 Å². The van der Waals surface area contributed by atoms with E-state index in [-0.39, 0.29) is 12.1 Å². The van der Waals surface area contributed by atoms with Gasteiger partial charge in [0.25, 0.3) is 0 Å². The van der Waals surface area contributed by atoms with Crippen molar-refractivity contribution < 1.29 is 4.79 Å². The van der Waals surface area contributed by atoms with Crippen LogP contribution in [-0.4, -0.2) is 33.6 Å². The number of rotatable bonds is 2. The van der Waals surface area contributed by atoms with Gasteiger partial charge in [0.1, 0.15) is 0 Å². The van der Waals surface area contributed by atoms with Gasteiger partial charge in [-0.25, -0.2) is 9.78 Å². The van der Waals surface area contributed by atoms with Crippen molar-refractivity contribution in [3.05, 3.63) is 60.7 Å². The summed E-state index contributed by atoms with van der Waals surface area (Å²) in [6, 6.07) is 9.33. The molecule has 4 heterocycles. The first-order chi connectivity index (χ1) is 14.1. The number of anilines is 3. The number of nitrogens with one attached hydrogen (secondary N) is 2.